The molecule has 0 atom stereocenters. The van der Waals surface area contributed by atoms with Crippen molar-refractivity contribution in [3.63, 3.8) is 0 Å². The Morgan fingerprint density at radius 2 is 0.348 bits per heavy atom. The third-order valence-electron chi connectivity index (χ3n) is 20.0. The zero-order valence-electron chi connectivity index (χ0n) is 70.1. The van der Waals surface area contributed by atoms with Crippen LogP contribution in [0.1, 0.15) is 155 Å². The number of anilines is 8. The highest BCUT2D eigenvalue weighted by Crippen LogP contribution is 2.46. The summed E-state index contributed by atoms with van der Waals surface area (Å²) < 4.78 is 0. The number of hydrogen-bond acceptors (Lipinski definition) is 4. The number of nitrogens with zero attached hydrogens (tertiary/aromatic N) is 4. The molecule has 4 heterocycles. The van der Waals surface area contributed by atoms with E-state index in [-0.39, 0.29) is 0 Å². The van der Waals surface area contributed by atoms with Crippen LogP contribution in [0.3, 0.4) is 0 Å². The molecule has 0 radical (unpaired) electrons. The van der Waals surface area contributed by atoms with Gasteiger partial charge in [-0.25, -0.2) is 0 Å². The van der Waals surface area contributed by atoms with Crippen LogP contribution in [0, 0.1) is 0 Å². The Labute approximate surface area is 670 Å². The van der Waals surface area contributed by atoms with Crippen LogP contribution in [0.5, 0.6) is 0 Å². The van der Waals surface area contributed by atoms with Gasteiger partial charge < -0.3 is 19.6 Å². The summed E-state index contributed by atoms with van der Waals surface area (Å²) in [7, 11) is 8.67. The summed E-state index contributed by atoms with van der Waals surface area (Å²) in [6.45, 7) is 32.0. The molecule has 568 valence electrons. The molecular formula is C108H116N4. The molecule has 4 aliphatic rings. The van der Waals surface area contributed by atoms with Gasteiger partial charge in [-0.2, -0.15) is 0 Å². The normalized spacial score (nSPS) is 11.5. The molecule has 0 N–H and O–H groups in total. The molecule has 20 rings (SSSR count). The average molecular weight is 1470 g/mol. The fourth-order valence-electron chi connectivity index (χ4n) is 15.0. The van der Waals surface area contributed by atoms with Crippen molar-refractivity contribution in [3.8, 4) is 0 Å². The Kier molecular flexibility index (Phi) is 30.7. The highest BCUT2D eigenvalue weighted by molar-refractivity contribution is 6.11. The first-order chi connectivity index (χ1) is 55.3. The lowest BCUT2D eigenvalue weighted by Crippen LogP contribution is -2.12. The minimum atomic E-state index is 1.25. The van der Waals surface area contributed by atoms with Crippen molar-refractivity contribution in [1.29, 1.82) is 0 Å². The highest BCUT2D eigenvalue weighted by Gasteiger charge is 2.23. The third kappa shape index (κ3) is 17.5. The van der Waals surface area contributed by atoms with Gasteiger partial charge in [0.2, 0.25) is 0 Å². The Morgan fingerprint density at radius 3 is 0.643 bits per heavy atom. The third-order valence-corrected chi connectivity index (χ3v) is 20.0. The van der Waals surface area contributed by atoms with Gasteiger partial charge in [0.1, 0.15) is 0 Å². The monoisotopic (exact) mass is 1470 g/mol. The van der Waals surface area contributed by atoms with Gasteiger partial charge in [0, 0.05) is 89.8 Å². The molecule has 16 aromatic rings. The van der Waals surface area contributed by atoms with Gasteiger partial charge in [0.05, 0.1) is 11.4 Å². The molecule has 0 bridgehead atoms. The van der Waals surface area contributed by atoms with E-state index in [0.717, 1.165) is 0 Å². The lowest BCUT2D eigenvalue weighted by atomic mass is 10.0. The van der Waals surface area contributed by atoms with Crippen molar-refractivity contribution in [2.24, 2.45) is 0 Å². The molecule has 112 heavy (non-hydrogen) atoms. The van der Waals surface area contributed by atoms with Crippen molar-refractivity contribution in [3.05, 3.63) is 336 Å². The summed E-state index contributed by atoms with van der Waals surface area (Å²) in [4.78, 5) is 9.28. The second-order valence-corrected chi connectivity index (χ2v) is 25.5. The van der Waals surface area contributed by atoms with E-state index in [1.807, 2.05) is 111 Å². The van der Waals surface area contributed by atoms with Crippen LogP contribution >= 0.6 is 0 Å². The van der Waals surface area contributed by atoms with E-state index < -0.39 is 0 Å². The van der Waals surface area contributed by atoms with Gasteiger partial charge >= 0.3 is 0 Å². The first kappa shape index (κ1) is 83.8. The van der Waals surface area contributed by atoms with Gasteiger partial charge in [-0.3, -0.25) is 0 Å². The van der Waals surface area contributed by atoms with Crippen molar-refractivity contribution in [1.82, 2.24) is 0 Å². The zero-order chi connectivity index (χ0) is 80.4. The maximum Gasteiger partial charge on any atom is 0.0561 e. The molecule has 0 unspecified atom stereocenters. The molecule has 0 aliphatic carbocycles. The van der Waals surface area contributed by atoms with E-state index in [0.29, 0.717) is 0 Å². The van der Waals surface area contributed by atoms with E-state index >= 15 is 0 Å². The smallest absolute Gasteiger partial charge is 0.0561 e. The topological polar surface area (TPSA) is 13.0 Å². The molecule has 0 amide bonds. The maximum absolute atomic E-state index is 2.36. The first-order valence-corrected chi connectivity index (χ1v) is 41.1. The predicted molar refractivity (Wildman–Crippen MR) is 510 cm³/mol. The maximum atomic E-state index is 2.36. The van der Waals surface area contributed by atoms with Gasteiger partial charge in [-0.15, -0.1) is 0 Å². The van der Waals surface area contributed by atoms with Crippen molar-refractivity contribution < 1.29 is 0 Å². The van der Waals surface area contributed by atoms with Crippen LogP contribution in [0.25, 0.3) is 135 Å². The minimum absolute atomic E-state index is 1.25. The fraction of sp³-hybridized carbons (Fsp3) is 0.185. The van der Waals surface area contributed by atoms with E-state index in [9.17, 15) is 0 Å². The first-order valence-electron chi connectivity index (χ1n) is 41.1. The molecule has 4 aliphatic heterocycles. The molecule has 16 aromatic carbocycles. The highest BCUT2D eigenvalue weighted by atomic mass is 15.1. The fourth-order valence-corrected chi connectivity index (χ4v) is 15.0. The van der Waals surface area contributed by atoms with Crippen molar-refractivity contribution in [2.75, 3.05) is 47.8 Å². The molecule has 0 saturated heterocycles. The van der Waals surface area contributed by atoms with Gasteiger partial charge in [-0.05, 0) is 158 Å². The lowest BCUT2D eigenvalue weighted by Gasteiger charge is -2.25. The summed E-state index contributed by atoms with van der Waals surface area (Å²) in [5, 5.41) is 20.6. The van der Waals surface area contributed by atoms with Crippen molar-refractivity contribution >= 4 is 180 Å². The molecule has 4 nitrogen and oxygen atoms in total. The number of benzene rings is 16. The minimum Gasteiger partial charge on any atom is -0.344 e. The predicted octanol–water partition coefficient (Wildman–Crippen LogP) is 33.2. The summed E-state index contributed by atoms with van der Waals surface area (Å²) in [5.74, 6) is 0. The SMILES string of the molecule is CC.CC.CC.CC.CC.CC.CC.CC.CN1c2c(ccc3ccccc23)C=Cc2ccc3ccccc3c21.CN1c2cc3ccccc3cc2C=Cc2c1ccc1ccccc21.CN1c2cc3ccccc3cc2C=Cc2cc3ccccc3cc21.CN1c2ccc3ccccc3c2C=Cc2c1ccc1ccccc21. The Morgan fingerprint density at radius 1 is 0.152 bits per heavy atom. The Hall–Kier alpha value is -12.2. The zero-order valence-corrected chi connectivity index (χ0v) is 70.1. The van der Waals surface area contributed by atoms with E-state index in [4.69, 9.17) is 0 Å². The Balaban J connectivity index is 0.000000161. The Bertz CT molecular complexity index is 5600. The molecular weight excluding hydrogens is 1350 g/mol. The van der Waals surface area contributed by atoms with Crippen LogP contribution in [0.15, 0.2) is 291 Å². The number of fused-ring (bicyclic) bond motifs is 21. The van der Waals surface area contributed by atoms with E-state index in [2.05, 4.69) is 388 Å². The quantitative estimate of drug-likeness (QED) is 0.150. The van der Waals surface area contributed by atoms with E-state index in [1.165, 1.54) is 176 Å². The molecule has 0 aromatic heterocycles. The van der Waals surface area contributed by atoms with Crippen LogP contribution in [-0.4, -0.2) is 28.2 Å². The second-order valence-electron chi connectivity index (χ2n) is 25.5. The molecule has 0 spiro atoms. The summed E-state index contributed by atoms with van der Waals surface area (Å²) in [6, 6.07) is 105. The summed E-state index contributed by atoms with van der Waals surface area (Å²) in [6.07, 6.45) is 18.0. The van der Waals surface area contributed by atoms with Crippen LogP contribution < -0.4 is 19.6 Å². The van der Waals surface area contributed by atoms with Gasteiger partial charge in [-0.1, -0.05) is 396 Å². The second kappa shape index (κ2) is 41.0. The largest absolute Gasteiger partial charge is 0.344 e. The molecule has 0 saturated carbocycles. The average Bonchev–Trinajstić information content (AvgIpc) is 1.54. The standard InChI is InChI=1S/4C23H17N.8C2H6/c1-24-22-14-10-16-6-2-4-8-18(16)20(22)12-13-21-19-9-5-3-7-17(19)11-15-23(21)24;1-24-22-18(12-10-16-6-2-4-8-20(16)22)14-15-19-13-11-17-7-3-5-9-21(17)23(19)24;1-24-22-14-18-8-4-2-6-16(18)12-20(22)10-11-21-13-17-7-3-5-9-19(17)15-23(21)24;1-24-22-13-11-16-6-4-5-9-20(16)21(22)12-10-19-14-17-7-2-3-8-18(17)15-23(19)24;8*1-2/h4*2-15H,1H3;8*1-2H3. The van der Waals surface area contributed by atoms with Crippen LogP contribution in [-0.2, 0) is 0 Å². The van der Waals surface area contributed by atoms with E-state index in [1.54, 1.807) is 0 Å². The summed E-state index contributed by atoms with van der Waals surface area (Å²) in [5.41, 5.74) is 20.2. The van der Waals surface area contributed by atoms with Crippen LogP contribution in [0.2, 0.25) is 0 Å². The number of rotatable bonds is 0. The summed E-state index contributed by atoms with van der Waals surface area (Å²) >= 11 is 0. The van der Waals surface area contributed by atoms with Gasteiger partial charge in [0.25, 0.3) is 0 Å². The van der Waals surface area contributed by atoms with Crippen LogP contribution in [0.4, 0.5) is 45.5 Å². The number of hydrogen-bond donors (Lipinski definition) is 0. The molecule has 0 fully saturated rings. The van der Waals surface area contributed by atoms with Crippen molar-refractivity contribution in [2.45, 2.75) is 111 Å². The lowest BCUT2D eigenvalue weighted by molar-refractivity contribution is 1.21. The molecule has 4 heteroatoms. The van der Waals surface area contributed by atoms with Gasteiger partial charge in [0.15, 0.2) is 0 Å².